The smallest absolute Gasteiger partial charge is 0.317 e. The van der Waals surface area contributed by atoms with Crippen molar-refractivity contribution in [2.24, 2.45) is 11.5 Å². The van der Waals surface area contributed by atoms with Crippen LogP contribution in [0.25, 0.3) is 0 Å². The number of carbonyl (C=O) groups is 2. The van der Waals surface area contributed by atoms with Gasteiger partial charge in [0.25, 0.3) is 0 Å². The topological polar surface area (TPSA) is 116 Å². The Balaban J connectivity index is 0.000000347. The van der Waals surface area contributed by atoms with Crippen molar-refractivity contribution in [2.75, 3.05) is 13.7 Å². The molecule has 0 aliphatic heterocycles. The number of hydrogen-bond donors (Lipinski definition) is 3. The van der Waals surface area contributed by atoms with Gasteiger partial charge in [0.2, 0.25) is 0 Å². The summed E-state index contributed by atoms with van der Waals surface area (Å²) < 4.78 is 17.4. The predicted octanol–water partition coefficient (Wildman–Crippen LogP) is 1.95. The second-order valence-corrected chi connectivity index (χ2v) is 5.01. The Hall–Kier alpha value is -1.99. The zero-order valence-electron chi connectivity index (χ0n) is 13.3. The van der Waals surface area contributed by atoms with E-state index in [1.807, 2.05) is 0 Å². The molecule has 1 aliphatic carbocycles. The van der Waals surface area contributed by atoms with Gasteiger partial charge in [-0.25, -0.2) is 4.39 Å². The highest BCUT2D eigenvalue weighted by Crippen LogP contribution is 2.16. The maximum absolute atomic E-state index is 12.8. The van der Waals surface area contributed by atoms with Gasteiger partial charge in [0.05, 0.1) is 13.7 Å². The van der Waals surface area contributed by atoms with Gasteiger partial charge in [0, 0.05) is 11.6 Å². The third kappa shape index (κ3) is 10.4. The minimum absolute atomic E-state index is 0.149. The van der Waals surface area contributed by atoms with Crippen LogP contribution in [0.3, 0.4) is 0 Å². The van der Waals surface area contributed by atoms with E-state index in [4.69, 9.17) is 10.8 Å². The molecule has 0 unspecified atom stereocenters. The van der Waals surface area contributed by atoms with Crippen molar-refractivity contribution in [3.8, 4) is 5.75 Å². The van der Waals surface area contributed by atoms with Crippen molar-refractivity contribution in [1.82, 2.24) is 0 Å². The van der Waals surface area contributed by atoms with Crippen LogP contribution in [0.2, 0.25) is 0 Å². The van der Waals surface area contributed by atoms with Gasteiger partial charge in [-0.1, -0.05) is 19.3 Å². The summed E-state index contributed by atoms with van der Waals surface area (Å²) >= 11 is 0. The number of ether oxygens (including phenoxy) is 1. The van der Waals surface area contributed by atoms with Gasteiger partial charge in [0.15, 0.2) is 11.6 Å². The Morgan fingerprint density at radius 2 is 1.96 bits per heavy atom. The molecule has 6 nitrogen and oxygen atoms in total. The molecular formula is C16H25FN2O4. The molecule has 23 heavy (non-hydrogen) atoms. The third-order valence-corrected chi connectivity index (χ3v) is 3.14. The minimum atomic E-state index is -0.968. The lowest BCUT2D eigenvalue weighted by Gasteiger charge is -2.15. The van der Waals surface area contributed by atoms with E-state index in [2.05, 4.69) is 10.5 Å². The van der Waals surface area contributed by atoms with Crippen LogP contribution >= 0.6 is 0 Å². The standard InChI is InChI=1S/C8H7FO2.C6H13N.C2H5NO2/c1-11-8-3-2-6(5-10)4-7(8)9;7-6-4-2-1-3-5-6;3-1-2(4)5/h2-5H,1H3;6H,1-5,7H2;1,3H2,(H,4,5). The van der Waals surface area contributed by atoms with Crippen LogP contribution in [-0.2, 0) is 4.79 Å². The molecule has 0 saturated heterocycles. The maximum Gasteiger partial charge on any atom is 0.317 e. The third-order valence-electron chi connectivity index (χ3n) is 3.14. The van der Waals surface area contributed by atoms with Crippen LogP contribution < -0.4 is 16.2 Å². The molecule has 1 aromatic rings. The number of halogens is 1. The van der Waals surface area contributed by atoms with Crippen molar-refractivity contribution in [1.29, 1.82) is 0 Å². The van der Waals surface area contributed by atoms with Gasteiger partial charge in [0.1, 0.15) is 6.29 Å². The first-order valence-electron chi connectivity index (χ1n) is 7.40. The summed E-state index contributed by atoms with van der Waals surface area (Å²) in [5.74, 6) is -1.34. The van der Waals surface area contributed by atoms with E-state index in [0.717, 1.165) is 6.07 Å². The average molecular weight is 328 g/mol. The molecular weight excluding hydrogens is 303 g/mol. The van der Waals surface area contributed by atoms with E-state index in [1.165, 1.54) is 51.3 Å². The largest absolute Gasteiger partial charge is 0.494 e. The summed E-state index contributed by atoms with van der Waals surface area (Å²) in [6.07, 6.45) is 7.25. The fourth-order valence-corrected chi connectivity index (χ4v) is 1.89. The highest BCUT2D eigenvalue weighted by molar-refractivity contribution is 5.74. The number of hydrogen-bond acceptors (Lipinski definition) is 5. The van der Waals surface area contributed by atoms with Gasteiger partial charge in [-0.3, -0.25) is 9.59 Å². The number of aliphatic carboxylic acids is 1. The molecule has 7 heteroatoms. The molecule has 0 bridgehead atoms. The van der Waals surface area contributed by atoms with Crippen molar-refractivity contribution < 1.29 is 23.8 Å². The zero-order valence-corrected chi connectivity index (χ0v) is 13.3. The Bertz CT molecular complexity index is 477. The van der Waals surface area contributed by atoms with E-state index in [1.54, 1.807) is 0 Å². The number of benzene rings is 1. The van der Waals surface area contributed by atoms with Crippen LogP contribution in [0.5, 0.6) is 5.75 Å². The number of aldehydes is 1. The Labute approximate surface area is 135 Å². The summed E-state index contributed by atoms with van der Waals surface area (Å²) in [7, 11) is 1.37. The van der Waals surface area contributed by atoms with Gasteiger partial charge < -0.3 is 21.3 Å². The predicted molar refractivity (Wildman–Crippen MR) is 86.1 cm³/mol. The monoisotopic (exact) mass is 328 g/mol. The number of methoxy groups -OCH3 is 1. The van der Waals surface area contributed by atoms with Crippen LogP contribution in [-0.4, -0.2) is 37.1 Å². The Morgan fingerprint density at radius 1 is 1.39 bits per heavy atom. The summed E-state index contributed by atoms with van der Waals surface area (Å²) in [5.41, 5.74) is 10.5. The van der Waals surface area contributed by atoms with Crippen LogP contribution in [0, 0.1) is 5.82 Å². The molecule has 0 spiro atoms. The molecule has 0 atom stereocenters. The maximum atomic E-state index is 12.8. The van der Waals surface area contributed by atoms with Crippen LogP contribution in [0.1, 0.15) is 42.5 Å². The highest BCUT2D eigenvalue weighted by Gasteiger charge is 2.06. The molecule has 1 aromatic carbocycles. The number of nitrogens with two attached hydrogens (primary N) is 2. The van der Waals surface area contributed by atoms with Crippen LogP contribution in [0.4, 0.5) is 4.39 Å². The molecule has 1 saturated carbocycles. The first-order valence-corrected chi connectivity index (χ1v) is 7.40. The molecule has 1 fully saturated rings. The van der Waals surface area contributed by atoms with Crippen LogP contribution in [0.15, 0.2) is 18.2 Å². The fourth-order valence-electron chi connectivity index (χ4n) is 1.89. The minimum Gasteiger partial charge on any atom is -0.494 e. The average Bonchev–Trinajstić information content (AvgIpc) is 2.56. The molecule has 0 heterocycles. The molecule has 0 radical (unpaired) electrons. The normalized spacial score (nSPS) is 13.7. The molecule has 130 valence electrons. The van der Waals surface area contributed by atoms with Gasteiger partial charge in [-0.15, -0.1) is 0 Å². The molecule has 2 rings (SSSR count). The summed E-state index contributed by atoms with van der Waals surface area (Å²) in [4.78, 5) is 19.4. The second-order valence-electron chi connectivity index (χ2n) is 5.01. The van der Waals surface area contributed by atoms with Gasteiger partial charge in [-0.2, -0.15) is 0 Å². The first kappa shape index (κ1) is 21.0. The highest BCUT2D eigenvalue weighted by atomic mass is 19.1. The Kier molecular flexibility index (Phi) is 11.5. The Morgan fingerprint density at radius 3 is 2.26 bits per heavy atom. The van der Waals surface area contributed by atoms with Gasteiger partial charge >= 0.3 is 5.97 Å². The number of rotatable bonds is 3. The number of carboxylic acids is 1. The van der Waals surface area contributed by atoms with Gasteiger partial charge in [-0.05, 0) is 31.0 Å². The zero-order chi connectivity index (χ0) is 17.7. The van der Waals surface area contributed by atoms with E-state index in [0.29, 0.717) is 17.9 Å². The summed E-state index contributed by atoms with van der Waals surface area (Å²) in [6.45, 7) is -0.278. The number of carboxylic acid groups (broad SMARTS) is 1. The van der Waals surface area contributed by atoms with E-state index in [9.17, 15) is 14.0 Å². The van der Waals surface area contributed by atoms with Crippen molar-refractivity contribution >= 4 is 12.3 Å². The first-order chi connectivity index (χ1) is 10.9. The quantitative estimate of drug-likeness (QED) is 0.730. The number of carbonyl (C=O) groups excluding carboxylic acids is 1. The molecule has 5 N–H and O–H groups in total. The second kappa shape index (κ2) is 12.5. The van der Waals surface area contributed by atoms with E-state index in [-0.39, 0.29) is 12.3 Å². The lowest BCUT2D eigenvalue weighted by atomic mass is 9.97. The fraction of sp³-hybridized carbons (Fsp3) is 0.500. The summed E-state index contributed by atoms with van der Waals surface area (Å²) in [5, 5.41) is 7.60. The van der Waals surface area contributed by atoms with E-state index >= 15 is 0 Å². The van der Waals surface area contributed by atoms with Crippen molar-refractivity contribution in [2.45, 2.75) is 38.1 Å². The summed E-state index contributed by atoms with van der Waals surface area (Å²) in [6, 6.07) is 4.58. The lowest BCUT2D eigenvalue weighted by Crippen LogP contribution is -2.22. The van der Waals surface area contributed by atoms with Crippen molar-refractivity contribution in [3.63, 3.8) is 0 Å². The molecule has 1 aliphatic rings. The lowest BCUT2D eigenvalue weighted by molar-refractivity contribution is -0.135. The molecule has 0 aromatic heterocycles. The molecule has 0 amide bonds. The SMILES string of the molecule is COc1ccc(C=O)cc1F.NC1CCCCC1.NCC(=O)O. The van der Waals surface area contributed by atoms with Crippen molar-refractivity contribution in [3.05, 3.63) is 29.6 Å². The van der Waals surface area contributed by atoms with E-state index < -0.39 is 11.8 Å².